The molecule has 2 heterocycles. The molecule has 0 aliphatic carbocycles. The van der Waals surface area contributed by atoms with Crippen molar-refractivity contribution < 1.29 is 0 Å². The Hall–Kier alpha value is -2.40. The lowest BCUT2D eigenvalue weighted by molar-refractivity contribution is 0.729. The Bertz CT molecular complexity index is 796. The molecule has 0 saturated carbocycles. The fourth-order valence-electron chi connectivity index (χ4n) is 2.29. The van der Waals surface area contributed by atoms with Gasteiger partial charge in [0.15, 0.2) is 11.0 Å². The van der Waals surface area contributed by atoms with E-state index in [0.29, 0.717) is 6.54 Å². The van der Waals surface area contributed by atoms with Crippen molar-refractivity contribution >= 4 is 11.8 Å². The summed E-state index contributed by atoms with van der Waals surface area (Å²) in [4.78, 5) is 4.37. The normalized spacial score (nSPS) is 10.7. The minimum atomic E-state index is 0.662. The van der Waals surface area contributed by atoms with Gasteiger partial charge in [0.2, 0.25) is 0 Å². The van der Waals surface area contributed by atoms with Gasteiger partial charge in [-0.25, -0.2) is 0 Å². The average molecular weight is 322 g/mol. The molecule has 3 aromatic rings. The molecule has 0 N–H and O–H groups in total. The fourth-order valence-corrected chi connectivity index (χ4v) is 3.31. The molecule has 0 saturated heterocycles. The van der Waals surface area contributed by atoms with Crippen molar-refractivity contribution in [1.82, 2.24) is 19.7 Å². The van der Waals surface area contributed by atoms with E-state index < -0.39 is 0 Å². The van der Waals surface area contributed by atoms with Gasteiger partial charge in [0.25, 0.3) is 0 Å². The topological polar surface area (TPSA) is 43.6 Å². The van der Waals surface area contributed by atoms with E-state index in [1.807, 2.05) is 24.3 Å². The van der Waals surface area contributed by atoms with Gasteiger partial charge in [-0.1, -0.05) is 48.2 Å². The maximum atomic E-state index is 4.37. The molecule has 23 heavy (non-hydrogen) atoms. The Morgan fingerprint density at radius 2 is 1.96 bits per heavy atom. The highest BCUT2D eigenvalue weighted by Crippen LogP contribution is 2.26. The van der Waals surface area contributed by atoms with Gasteiger partial charge in [-0.3, -0.25) is 9.55 Å². The number of nitrogens with zero attached hydrogens (tertiary/aromatic N) is 4. The number of pyridine rings is 1. The lowest BCUT2D eigenvalue weighted by Crippen LogP contribution is -2.01. The Kier molecular flexibility index (Phi) is 4.88. The van der Waals surface area contributed by atoms with Crippen molar-refractivity contribution in [3.05, 3.63) is 72.4 Å². The van der Waals surface area contributed by atoms with Crippen LogP contribution in [0.3, 0.4) is 0 Å². The zero-order valence-corrected chi connectivity index (χ0v) is 13.8. The van der Waals surface area contributed by atoms with Crippen molar-refractivity contribution in [2.24, 2.45) is 0 Å². The number of hydrogen-bond donors (Lipinski definition) is 0. The average Bonchev–Trinajstić information content (AvgIpc) is 2.98. The Morgan fingerprint density at radius 1 is 1.13 bits per heavy atom. The molecule has 0 fully saturated rings. The SMILES string of the molecule is C=CCn1c(SCc2ccccc2C)nnc1-c1ccccn1. The van der Waals surface area contributed by atoms with Gasteiger partial charge in [-0.2, -0.15) is 0 Å². The van der Waals surface area contributed by atoms with E-state index >= 15 is 0 Å². The molecule has 0 unspecified atom stereocenters. The zero-order chi connectivity index (χ0) is 16.1. The van der Waals surface area contributed by atoms with Crippen LogP contribution in [0.1, 0.15) is 11.1 Å². The van der Waals surface area contributed by atoms with E-state index in [0.717, 1.165) is 22.4 Å². The third-order valence-corrected chi connectivity index (χ3v) is 4.56. The lowest BCUT2D eigenvalue weighted by atomic mass is 10.1. The highest BCUT2D eigenvalue weighted by atomic mass is 32.2. The number of aromatic nitrogens is 4. The highest BCUT2D eigenvalue weighted by molar-refractivity contribution is 7.98. The molecule has 0 radical (unpaired) electrons. The number of hydrogen-bond acceptors (Lipinski definition) is 4. The summed E-state index contributed by atoms with van der Waals surface area (Å²) in [5.74, 6) is 1.64. The molecule has 0 bridgehead atoms. The van der Waals surface area contributed by atoms with Gasteiger partial charge in [0, 0.05) is 18.5 Å². The molecule has 0 aliphatic rings. The van der Waals surface area contributed by atoms with Crippen LogP contribution in [-0.4, -0.2) is 19.7 Å². The first kappa shape index (κ1) is 15.5. The van der Waals surface area contributed by atoms with Crippen molar-refractivity contribution in [2.75, 3.05) is 0 Å². The van der Waals surface area contributed by atoms with Crippen LogP contribution < -0.4 is 0 Å². The minimum absolute atomic E-state index is 0.662. The summed E-state index contributed by atoms with van der Waals surface area (Å²) in [6.45, 7) is 6.63. The van der Waals surface area contributed by atoms with E-state index in [4.69, 9.17) is 0 Å². The van der Waals surface area contributed by atoms with Crippen molar-refractivity contribution in [3.63, 3.8) is 0 Å². The summed E-state index contributed by atoms with van der Waals surface area (Å²) in [6, 6.07) is 14.2. The number of rotatable bonds is 6. The zero-order valence-electron chi connectivity index (χ0n) is 13.0. The first-order valence-corrected chi connectivity index (χ1v) is 8.41. The van der Waals surface area contributed by atoms with Gasteiger partial charge < -0.3 is 0 Å². The van der Waals surface area contributed by atoms with Gasteiger partial charge in [0.05, 0.1) is 0 Å². The van der Waals surface area contributed by atoms with Crippen molar-refractivity contribution in [3.8, 4) is 11.5 Å². The van der Waals surface area contributed by atoms with Crippen LogP contribution in [0.5, 0.6) is 0 Å². The second kappa shape index (κ2) is 7.24. The monoisotopic (exact) mass is 322 g/mol. The summed E-state index contributed by atoms with van der Waals surface area (Å²) in [7, 11) is 0. The second-order valence-electron chi connectivity index (χ2n) is 5.14. The predicted octanol–water partition coefficient (Wildman–Crippen LogP) is 4.13. The molecule has 116 valence electrons. The number of benzene rings is 1. The van der Waals surface area contributed by atoms with Gasteiger partial charge in [0.1, 0.15) is 5.69 Å². The quantitative estimate of drug-likeness (QED) is 0.505. The maximum Gasteiger partial charge on any atom is 0.192 e. The number of allylic oxidation sites excluding steroid dienone is 1. The van der Waals surface area contributed by atoms with Crippen LogP contribution in [0.4, 0.5) is 0 Å². The van der Waals surface area contributed by atoms with Crippen molar-refractivity contribution in [2.45, 2.75) is 24.4 Å². The summed E-state index contributed by atoms with van der Waals surface area (Å²) in [5, 5.41) is 9.55. The van der Waals surface area contributed by atoms with Crippen LogP contribution in [0.2, 0.25) is 0 Å². The Labute approximate surface area is 140 Å². The molecule has 5 heteroatoms. The lowest BCUT2D eigenvalue weighted by Gasteiger charge is -2.08. The Morgan fingerprint density at radius 3 is 2.70 bits per heavy atom. The summed E-state index contributed by atoms with van der Waals surface area (Å²) in [6.07, 6.45) is 3.62. The molecule has 2 aromatic heterocycles. The van der Waals surface area contributed by atoms with Crippen LogP contribution in [0.25, 0.3) is 11.5 Å². The molecule has 4 nitrogen and oxygen atoms in total. The van der Waals surface area contributed by atoms with Gasteiger partial charge in [-0.15, -0.1) is 16.8 Å². The summed E-state index contributed by atoms with van der Waals surface area (Å²) in [5.41, 5.74) is 3.43. The van der Waals surface area contributed by atoms with E-state index in [-0.39, 0.29) is 0 Å². The van der Waals surface area contributed by atoms with Crippen LogP contribution in [0, 0.1) is 6.92 Å². The molecule has 0 amide bonds. The third-order valence-electron chi connectivity index (χ3n) is 3.54. The van der Waals surface area contributed by atoms with Crippen LogP contribution in [0.15, 0.2) is 66.5 Å². The smallest absolute Gasteiger partial charge is 0.192 e. The van der Waals surface area contributed by atoms with E-state index in [1.165, 1.54) is 11.1 Å². The molecule has 0 aliphatic heterocycles. The van der Waals surface area contributed by atoms with Crippen molar-refractivity contribution in [1.29, 1.82) is 0 Å². The molecule has 3 rings (SSSR count). The molecule has 1 aromatic carbocycles. The first-order chi connectivity index (χ1) is 11.3. The summed E-state index contributed by atoms with van der Waals surface area (Å²) < 4.78 is 2.05. The standard InChI is InChI=1S/C18H18N4S/c1-3-12-22-17(16-10-6-7-11-19-16)20-21-18(22)23-13-15-9-5-4-8-14(15)2/h3-11H,1,12-13H2,2H3. The molecule has 0 spiro atoms. The molecular formula is C18H18N4S. The minimum Gasteiger partial charge on any atom is -0.297 e. The molecule has 0 atom stereocenters. The fraction of sp³-hybridized carbons (Fsp3) is 0.167. The largest absolute Gasteiger partial charge is 0.297 e. The number of thioether (sulfide) groups is 1. The van der Waals surface area contributed by atoms with Crippen LogP contribution >= 0.6 is 11.8 Å². The predicted molar refractivity (Wildman–Crippen MR) is 94.2 cm³/mol. The molecular weight excluding hydrogens is 304 g/mol. The third kappa shape index (κ3) is 3.51. The maximum absolute atomic E-state index is 4.37. The second-order valence-corrected chi connectivity index (χ2v) is 6.08. The van der Waals surface area contributed by atoms with E-state index in [2.05, 4.69) is 57.5 Å². The van der Waals surface area contributed by atoms with Gasteiger partial charge >= 0.3 is 0 Å². The van der Waals surface area contributed by atoms with Gasteiger partial charge in [-0.05, 0) is 30.2 Å². The Balaban J connectivity index is 1.86. The summed E-state index contributed by atoms with van der Waals surface area (Å²) >= 11 is 1.68. The van der Waals surface area contributed by atoms with E-state index in [1.54, 1.807) is 18.0 Å². The first-order valence-electron chi connectivity index (χ1n) is 7.42. The highest BCUT2D eigenvalue weighted by Gasteiger charge is 2.14. The van der Waals surface area contributed by atoms with Crippen LogP contribution in [-0.2, 0) is 12.3 Å². The number of aryl methyl sites for hydroxylation is 1. The van der Waals surface area contributed by atoms with E-state index in [9.17, 15) is 0 Å².